The summed E-state index contributed by atoms with van der Waals surface area (Å²) in [7, 11) is -0.501. The van der Waals surface area contributed by atoms with E-state index in [1.54, 1.807) is 26.5 Å². The van der Waals surface area contributed by atoms with Crippen molar-refractivity contribution in [1.29, 1.82) is 0 Å². The quantitative estimate of drug-likeness (QED) is 0.550. The van der Waals surface area contributed by atoms with E-state index >= 15 is 0 Å². The number of urea groups is 1. The average molecular weight is 499 g/mol. The van der Waals surface area contributed by atoms with Gasteiger partial charge in [-0.15, -0.1) is 4.36 Å². The van der Waals surface area contributed by atoms with E-state index < -0.39 is 15.9 Å². The monoisotopic (exact) mass is 498 g/mol. The van der Waals surface area contributed by atoms with Crippen LogP contribution in [0.2, 0.25) is 0 Å². The number of fused-ring (bicyclic) bond motifs is 2. The molecule has 3 N–H and O–H groups in total. The zero-order chi connectivity index (χ0) is 24.6. The Labute approximate surface area is 202 Å². The highest BCUT2D eigenvalue weighted by Gasteiger charge is 2.28. The molecule has 0 fully saturated rings. The second kappa shape index (κ2) is 9.29. The van der Waals surface area contributed by atoms with Crippen molar-refractivity contribution < 1.29 is 23.2 Å². The van der Waals surface area contributed by atoms with Crippen molar-refractivity contribution in [3.8, 4) is 22.9 Å². The molecular formula is C23H26N6O5S. The van der Waals surface area contributed by atoms with Crippen LogP contribution < -0.4 is 19.9 Å². The molecule has 2 aromatic heterocycles. The highest BCUT2D eigenvalue weighted by Crippen LogP contribution is 2.38. The van der Waals surface area contributed by atoms with Gasteiger partial charge in [-0.1, -0.05) is 12.1 Å². The summed E-state index contributed by atoms with van der Waals surface area (Å²) < 4.78 is 34.8. The average Bonchev–Trinajstić information content (AvgIpc) is 3.51. The Balaban J connectivity index is 1.49. The fraction of sp³-hybridized carbons (Fsp3) is 0.348. The number of methoxy groups -OCH3 is 2. The van der Waals surface area contributed by atoms with Crippen molar-refractivity contribution in [3.05, 3.63) is 47.8 Å². The number of pyridine rings is 1. The number of benzene rings is 1. The van der Waals surface area contributed by atoms with E-state index in [-0.39, 0.29) is 23.5 Å². The maximum absolute atomic E-state index is 13.3. The van der Waals surface area contributed by atoms with Crippen LogP contribution in [0.3, 0.4) is 0 Å². The predicted octanol–water partition coefficient (Wildman–Crippen LogP) is 2.78. The number of hydrogen-bond donors (Lipinski definition) is 2. The van der Waals surface area contributed by atoms with Crippen LogP contribution in [0.5, 0.6) is 11.8 Å². The molecule has 35 heavy (non-hydrogen) atoms. The molecule has 1 aromatic carbocycles. The number of nitrogens with two attached hydrogens (primary N) is 1. The third kappa shape index (κ3) is 4.47. The second-order valence-corrected chi connectivity index (χ2v) is 10.1. The largest absolute Gasteiger partial charge is 0.481 e. The molecule has 1 aliphatic carbocycles. The van der Waals surface area contributed by atoms with Crippen molar-refractivity contribution >= 4 is 21.6 Å². The first-order valence-electron chi connectivity index (χ1n) is 11.1. The molecule has 11 nitrogen and oxygen atoms in total. The zero-order valence-electron chi connectivity index (χ0n) is 19.4. The summed E-state index contributed by atoms with van der Waals surface area (Å²) in [6.07, 6.45) is 5.49. The molecule has 2 amide bonds. The lowest BCUT2D eigenvalue weighted by atomic mass is 9.98. The molecule has 0 saturated heterocycles. The van der Waals surface area contributed by atoms with Crippen LogP contribution in [-0.4, -0.2) is 51.9 Å². The molecule has 3 heterocycles. The van der Waals surface area contributed by atoms with Crippen LogP contribution >= 0.6 is 0 Å². The van der Waals surface area contributed by atoms with Gasteiger partial charge in [-0.3, -0.25) is 0 Å². The van der Waals surface area contributed by atoms with Gasteiger partial charge < -0.3 is 19.5 Å². The SMILES string of the molecule is COc1cc(-c2ccc3c(c2NC(=O)N=[S@@](N)(=O)c2cnn4c2OC[C@@H](OC)C4)CCC3)ccn1. The summed E-state index contributed by atoms with van der Waals surface area (Å²) in [6, 6.07) is 6.82. The van der Waals surface area contributed by atoms with Crippen LogP contribution in [0.15, 0.2) is 45.9 Å². The van der Waals surface area contributed by atoms with Crippen LogP contribution in [0.1, 0.15) is 17.5 Å². The fourth-order valence-electron chi connectivity index (χ4n) is 4.43. The van der Waals surface area contributed by atoms with E-state index in [1.807, 2.05) is 12.1 Å². The molecule has 0 spiro atoms. The summed E-state index contributed by atoms with van der Waals surface area (Å²) in [5.41, 5.74) is 4.42. The Morgan fingerprint density at radius 3 is 2.97 bits per heavy atom. The van der Waals surface area contributed by atoms with Crippen LogP contribution in [0.4, 0.5) is 10.5 Å². The van der Waals surface area contributed by atoms with E-state index in [9.17, 15) is 9.00 Å². The number of aromatic nitrogens is 3. The maximum Gasteiger partial charge on any atom is 0.354 e. The predicted molar refractivity (Wildman–Crippen MR) is 129 cm³/mol. The molecule has 0 bridgehead atoms. The summed E-state index contributed by atoms with van der Waals surface area (Å²) >= 11 is 0. The summed E-state index contributed by atoms with van der Waals surface area (Å²) in [4.78, 5) is 17.3. The normalized spacial score (nSPS) is 18.1. The molecule has 12 heteroatoms. The number of carbonyl (C=O) groups excluding carboxylic acids is 1. The Kier molecular flexibility index (Phi) is 6.17. The first kappa shape index (κ1) is 23.3. The lowest BCUT2D eigenvalue weighted by Crippen LogP contribution is -2.32. The number of ether oxygens (including phenoxy) is 3. The molecule has 5 rings (SSSR count). The molecule has 1 aliphatic heterocycles. The Hall–Kier alpha value is -3.48. The topological polar surface area (TPSA) is 143 Å². The summed E-state index contributed by atoms with van der Waals surface area (Å²) in [5.74, 6) is 0.684. The Bertz CT molecular complexity index is 1410. The van der Waals surface area contributed by atoms with E-state index in [1.165, 1.54) is 10.9 Å². The van der Waals surface area contributed by atoms with Gasteiger partial charge in [0, 0.05) is 24.9 Å². The maximum atomic E-state index is 13.3. The fourth-order valence-corrected chi connectivity index (χ4v) is 5.44. The number of carbonyl (C=O) groups is 1. The number of rotatable bonds is 5. The van der Waals surface area contributed by atoms with Crippen molar-refractivity contribution in [2.75, 3.05) is 26.1 Å². The van der Waals surface area contributed by atoms with Gasteiger partial charge in [-0.25, -0.2) is 23.8 Å². The third-order valence-corrected chi connectivity index (χ3v) is 7.53. The van der Waals surface area contributed by atoms with Crippen molar-refractivity contribution in [3.63, 3.8) is 0 Å². The molecule has 0 saturated carbocycles. The second-order valence-electron chi connectivity index (χ2n) is 8.32. The van der Waals surface area contributed by atoms with Crippen molar-refractivity contribution in [1.82, 2.24) is 14.8 Å². The first-order chi connectivity index (χ1) is 16.9. The van der Waals surface area contributed by atoms with Gasteiger partial charge in [0.2, 0.25) is 11.8 Å². The van der Waals surface area contributed by atoms with Gasteiger partial charge in [0.15, 0.2) is 9.92 Å². The van der Waals surface area contributed by atoms with E-state index in [4.69, 9.17) is 19.3 Å². The Morgan fingerprint density at radius 1 is 1.31 bits per heavy atom. The van der Waals surface area contributed by atoms with Crippen molar-refractivity contribution in [2.24, 2.45) is 9.50 Å². The Morgan fingerprint density at radius 2 is 2.17 bits per heavy atom. The molecule has 3 aromatic rings. The lowest BCUT2D eigenvalue weighted by molar-refractivity contribution is 0.0165. The van der Waals surface area contributed by atoms with E-state index in [2.05, 4.69) is 25.8 Å². The molecule has 2 atom stereocenters. The smallest absolute Gasteiger partial charge is 0.354 e. The number of aryl methyl sites for hydroxylation is 1. The van der Waals surface area contributed by atoms with Gasteiger partial charge in [0.25, 0.3) is 0 Å². The number of hydrogen-bond acceptors (Lipinski definition) is 7. The minimum absolute atomic E-state index is 0.0691. The minimum atomic E-state index is -3.62. The summed E-state index contributed by atoms with van der Waals surface area (Å²) in [5, 5.41) is 13.1. The van der Waals surface area contributed by atoms with Crippen molar-refractivity contribution in [2.45, 2.75) is 36.8 Å². The zero-order valence-corrected chi connectivity index (χ0v) is 20.2. The third-order valence-electron chi connectivity index (χ3n) is 6.18. The minimum Gasteiger partial charge on any atom is -0.481 e. The van der Waals surface area contributed by atoms with Crippen LogP contribution in [0, 0.1) is 0 Å². The molecule has 184 valence electrons. The standard InChI is InChI=1S/C23H26N6O5S/c1-32-16-12-29-22(34-13-16)19(11-26-29)35(24,31)28-23(30)27-21-17-5-3-4-14(17)6-7-18(21)15-8-9-25-20(10-15)33-2/h6-11,16H,3-5,12-13H2,1-2H3,(H3,24,27,28,30,31)/t16-,35+/m0/s1. The van der Waals surface area contributed by atoms with E-state index in [0.29, 0.717) is 18.1 Å². The van der Waals surface area contributed by atoms with Gasteiger partial charge in [0.05, 0.1) is 25.5 Å². The first-order valence-corrected chi connectivity index (χ1v) is 12.7. The number of anilines is 1. The van der Waals surface area contributed by atoms with Crippen LogP contribution in [0.25, 0.3) is 11.1 Å². The summed E-state index contributed by atoms with van der Waals surface area (Å²) in [6.45, 7) is 0.675. The lowest BCUT2D eigenvalue weighted by Gasteiger charge is -2.23. The van der Waals surface area contributed by atoms with E-state index in [0.717, 1.165) is 41.5 Å². The van der Waals surface area contributed by atoms with Gasteiger partial charge >= 0.3 is 6.03 Å². The van der Waals surface area contributed by atoms with Crippen LogP contribution in [-0.2, 0) is 34.0 Å². The molecule has 0 unspecified atom stereocenters. The number of nitrogens with one attached hydrogen (secondary N) is 1. The molecule has 0 radical (unpaired) electrons. The van der Waals surface area contributed by atoms with Gasteiger partial charge in [-0.05, 0) is 42.0 Å². The van der Waals surface area contributed by atoms with Gasteiger partial charge in [-0.2, -0.15) is 5.10 Å². The molecular weight excluding hydrogens is 472 g/mol. The highest BCUT2D eigenvalue weighted by molar-refractivity contribution is 7.91. The number of amides is 2. The van der Waals surface area contributed by atoms with Gasteiger partial charge in [0.1, 0.15) is 17.6 Å². The number of nitrogens with zero attached hydrogens (tertiary/aromatic N) is 4. The highest BCUT2D eigenvalue weighted by atomic mass is 32.2. The molecule has 2 aliphatic rings.